The predicted octanol–water partition coefficient (Wildman–Crippen LogP) is 6.02. The zero-order valence-corrected chi connectivity index (χ0v) is 26.0. The highest BCUT2D eigenvalue weighted by Gasteiger charge is 2.48. The van der Waals surface area contributed by atoms with Crippen molar-refractivity contribution in [2.75, 3.05) is 0 Å². The summed E-state index contributed by atoms with van der Waals surface area (Å²) in [6.07, 6.45) is -4.82. The lowest BCUT2D eigenvalue weighted by Crippen LogP contribution is -2.37. The SMILES string of the molecule is Oc1ccc([C@H]2Oc3cc(O)cc(O)c3[C@H](c3c(O)cc(O)c4c3O[C@H](c3ccc(O)cc3)[C@H](O)[C@H]4SCc3ccccc3)[C@H]2O)cc1. The third-order valence-corrected chi connectivity index (χ3v) is 10.2. The molecule has 6 atom stereocenters. The highest BCUT2D eigenvalue weighted by molar-refractivity contribution is 7.98. The summed E-state index contributed by atoms with van der Waals surface area (Å²) in [5, 5.41) is 87.4. The molecule has 0 aromatic heterocycles. The smallest absolute Gasteiger partial charge is 0.151 e. The normalized spacial score (nSPS) is 23.0. The summed E-state index contributed by atoms with van der Waals surface area (Å²) in [6.45, 7) is 0. The number of fused-ring (bicyclic) bond motifs is 2. The van der Waals surface area contributed by atoms with Gasteiger partial charge in [-0.1, -0.05) is 54.6 Å². The fourth-order valence-electron chi connectivity index (χ4n) is 6.57. The molecule has 0 saturated carbocycles. The van der Waals surface area contributed by atoms with Crippen LogP contribution in [0.25, 0.3) is 0 Å². The molecule has 10 nitrogen and oxygen atoms in total. The van der Waals surface area contributed by atoms with Crippen LogP contribution in [0.3, 0.4) is 0 Å². The second-order valence-electron chi connectivity index (χ2n) is 11.9. The van der Waals surface area contributed by atoms with Gasteiger partial charge in [0.25, 0.3) is 0 Å². The predicted molar refractivity (Wildman–Crippen MR) is 177 cm³/mol. The molecular weight excluding hydrogens is 636 g/mol. The van der Waals surface area contributed by atoms with Gasteiger partial charge in [0, 0.05) is 35.1 Å². The second-order valence-corrected chi connectivity index (χ2v) is 13.0. The summed E-state index contributed by atoms with van der Waals surface area (Å²) in [4.78, 5) is 0. The number of aliphatic hydroxyl groups excluding tert-OH is 2. The van der Waals surface area contributed by atoms with Crippen LogP contribution in [0.2, 0.25) is 0 Å². The Morgan fingerprint density at radius 3 is 1.73 bits per heavy atom. The molecule has 5 aromatic carbocycles. The first kappa shape index (κ1) is 31.4. The summed E-state index contributed by atoms with van der Waals surface area (Å²) in [5.74, 6) is -2.27. The van der Waals surface area contributed by atoms with Crippen molar-refractivity contribution < 1.29 is 50.3 Å². The van der Waals surface area contributed by atoms with E-state index in [0.29, 0.717) is 16.9 Å². The van der Waals surface area contributed by atoms with Crippen LogP contribution < -0.4 is 9.47 Å². The first-order chi connectivity index (χ1) is 23.1. The number of benzene rings is 5. The highest BCUT2D eigenvalue weighted by atomic mass is 32.2. The summed E-state index contributed by atoms with van der Waals surface area (Å²) >= 11 is 1.35. The molecule has 8 N–H and O–H groups in total. The van der Waals surface area contributed by atoms with Gasteiger partial charge in [0.1, 0.15) is 58.2 Å². The number of rotatable bonds is 6. The molecular formula is C37H32O10S. The molecule has 0 saturated heterocycles. The zero-order chi connectivity index (χ0) is 33.7. The van der Waals surface area contributed by atoms with Crippen LogP contribution in [0.5, 0.6) is 46.0 Å². The van der Waals surface area contributed by atoms with Crippen LogP contribution in [0, 0.1) is 0 Å². The Balaban J connectivity index is 1.43. The Labute approximate surface area is 279 Å². The first-order valence-corrected chi connectivity index (χ1v) is 16.2. The van der Waals surface area contributed by atoms with E-state index in [4.69, 9.17) is 9.47 Å². The number of phenols is 6. The fourth-order valence-corrected chi connectivity index (χ4v) is 7.87. The lowest BCUT2D eigenvalue weighted by molar-refractivity contribution is 0.000677. The summed E-state index contributed by atoms with van der Waals surface area (Å²) < 4.78 is 12.6. The van der Waals surface area contributed by atoms with E-state index in [2.05, 4.69) is 0 Å². The van der Waals surface area contributed by atoms with Gasteiger partial charge in [0.15, 0.2) is 12.2 Å². The van der Waals surface area contributed by atoms with Crippen LogP contribution >= 0.6 is 11.8 Å². The molecule has 0 fully saturated rings. The number of aromatic hydroxyl groups is 6. The van der Waals surface area contributed by atoms with Crippen LogP contribution in [0.15, 0.2) is 97.1 Å². The summed E-state index contributed by atoms with van der Waals surface area (Å²) in [5.41, 5.74) is 2.20. The summed E-state index contributed by atoms with van der Waals surface area (Å²) in [6, 6.07) is 25.2. The van der Waals surface area contributed by atoms with Gasteiger partial charge in [0.05, 0.1) is 16.7 Å². The maximum absolute atomic E-state index is 12.1. The number of aliphatic hydroxyl groups is 2. The lowest BCUT2D eigenvalue weighted by atomic mass is 9.77. The van der Waals surface area contributed by atoms with E-state index in [1.165, 1.54) is 42.1 Å². The molecule has 0 aliphatic carbocycles. The quantitative estimate of drug-likeness (QED) is 0.106. The van der Waals surface area contributed by atoms with E-state index in [1.807, 2.05) is 30.3 Å². The lowest BCUT2D eigenvalue weighted by Gasteiger charge is -2.42. The molecule has 7 rings (SSSR count). The van der Waals surface area contributed by atoms with Crippen molar-refractivity contribution in [1.82, 2.24) is 0 Å². The van der Waals surface area contributed by atoms with Crippen LogP contribution in [-0.2, 0) is 5.75 Å². The topological polar surface area (TPSA) is 180 Å². The average Bonchev–Trinajstić information content (AvgIpc) is 3.06. The molecule has 0 spiro atoms. The van der Waals surface area contributed by atoms with E-state index in [9.17, 15) is 40.9 Å². The van der Waals surface area contributed by atoms with Crippen molar-refractivity contribution in [3.63, 3.8) is 0 Å². The number of thioether (sulfide) groups is 1. The second kappa shape index (κ2) is 12.4. The monoisotopic (exact) mass is 668 g/mol. The van der Waals surface area contributed by atoms with E-state index in [1.54, 1.807) is 24.3 Å². The fraction of sp³-hybridized carbons (Fsp3) is 0.189. The van der Waals surface area contributed by atoms with Gasteiger partial charge in [-0.3, -0.25) is 0 Å². The molecule has 0 amide bonds. The highest BCUT2D eigenvalue weighted by Crippen LogP contribution is 2.60. The number of hydrogen-bond acceptors (Lipinski definition) is 11. The van der Waals surface area contributed by atoms with Crippen molar-refractivity contribution in [2.45, 2.75) is 41.3 Å². The summed E-state index contributed by atoms with van der Waals surface area (Å²) in [7, 11) is 0. The minimum Gasteiger partial charge on any atom is -0.508 e. The van der Waals surface area contributed by atoms with Crippen LogP contribution in [0.4, 0.5) is 0 Å². The van der Waals surface area contributed by atoms with E-state index < -0.39 is 47.1 Å². The van der Waals surface area contributed by atoms with Gasteiger partial charge >= 0.3 is 0 Å². The first-order valence-electron chi connectivity index (χ1n) is 15.2. The van der Waals surface area contributed by atoms with Gasteiger partial charge in [-0.05, 0) is 41.0 Å². The maximum atomic E-state index is 12.1. The Morgan fingerprint density at radius 1 is 0.542 bits per heavy atom. The van der Waals surface area contributed by atoms with E-state index >= 15 is 0 Å². The molecule has 0 bridgehead atoms. The third-order valence-electron chi connectivity index (χ3n) is 8.81. The number of hydrogen-bond donors (Lipinski definition) is 8. The molecule has 0 radical (unpaired) electrons. The molecule has 246 valence electrons. The number of ether oxygens (including phenoxy) is 2. The third kappa shape index (κ3) is 5.55. The van der Waals surface area contributed by atoms with Crippen molar-refractivity contribution in [3.05, 3.63) is 130 Å². The van der Waals surface area contributed by atoms with Gasteiger partial charge in [-0.15, -0.1) is 11.8 Å². The van der Waals surface area contributed by atoms with Gasteiger partial charge in [0.2, 0.25) is 0 Å². The zero-order valence-electron chi connectivity index (χ0n) is 25.2. The van der Waals surface area contributed by atoms with Crippen molar-refractivity contribution in [2.24, 2.45) is 0 Å². The Morgan fingerprint density at radius 2 is 1.10 bits per heavy atom. The van der Waals surface area contributed by atoms with Crippen molar-refractivity contribution in [1.29, 1.82) is 0 Å². The molecule has 2 aliphatic rings. The molecule has 0 unspecified atom stereocenters. The average molecular weight is 669 g/mol. The standard InChI is InChI=1S/C37H32O10S/c38-21-10-6-19(7-11-21)34-32(44)31(28-24(41)14-23(40)15-27(28)46-34)29-25(42)16-26(43)30-36(29)47-35(20-8-12-22(39)13-9-20)33(45)37(30)48-17-18-4-2-1-3-5-18/h1-16,31-35,37-45H,17H2/t31-,32-,33+,34-,35-,37+/m1/s1. The number of phenolic OH excluding ortho intramolecular Hbond substituents is 6. The van der Waals surface area contributed by atoms with Gasteiger partial charge < -0.3 is 50.3 Å². The maximum Gasteiger partial charge on any atom is 0.151 e. The van der Waals surface area contributed by atoms with Gasteiger partial charge in [-0.2, -0.15) is 0 Å². The molecule has 11 heteroatoms. The molecule has 2 aliphatic heterocycles. The van der Waals surface area contributed by atoms with Crippen LogP contribution in [0.1, 0.15) is 56.8 Å². The Hall–Kier alpha value is -5.23. The van der Waals surface area contributed by atoms with E-state index in [-0.39, 0.29) is 51.2 Å². The van der Waals surface area contributed by atoms with Crippen molar-refractivity contribution in [3.8, 4) is 46.0 Å². The molecule has 48 heavy (non-hydrogen) atoms. The van der Waals surface area contributed by atoms with Crippen LogP contribution in [-0.4, -0.2) is 53.1 Å². The van der Waals surface area contributed by atoms with Gasteiger partial charge in [-0.25, -0.2) is 0 Å². The largest absolute Gasteiger partial charge is 0.508 e. The minimum atomic E-state index is -1.48. The minimum absolute atomic E-state index is 0.00438. The van der Waals surface area contributed by atoms with E-state index in [0.717, 1.165) is 17.7 Å². The van der Waals surface area contributed by atoms with Crippen molar-refractivity contribution >= 4 is 11.8 Å². The molecule has 5 aromatic rings. The molecule has 2 heterocycles. The Bertz CT molecular complexity index is 1950. The Kier molecular flexibility index (Phi) is 8.12.